The van der Waals surface area contributed by atoms with Crippen LogP contribution in [0.3, 0.4) is 0 Å². The molecule has 1 N–H and O–H groups in total. The fraction of sp³-hybridized carbons (Fsp3) is 0.115. The number of amides is 1. The minimum absolute atomic E-state index is 0.000868. The van der Waals surface area contributed by atoms with Gasteiger partial charge in [0.25, 0.3) is 0 Å². The van der Waals surface area contributed by atoms with Gasteiger partial charge in [0.05, 0.1) is 5.56 Å². The molecule has 0 aliphatic heterocycles. The lowest BCUT2D eigenvalue weighted by Gasteiger charge is -2.08. The summed E-state index contributed by atoms with van der Waals surface area (Å²) in [5, 5.41) is 3.36. The summed E-state index contributed by atoms with van der Waals surface area (Å²) in [5.41, 5.74) is 2.00. The van der Waals surface area contributed by atoms with Crippen molar-refractivity contribution in [2.24, 2.45) is 0 Å². The third-order valence-electron chi connectivity index (χ3n) is 4.87. The maximum atomic E-state index is 12.8. The first kappa shape index (κ1) is 21.8. The number of benzene rings is 3. The number of ketones is 1. The Labute approximate surface area is 189 Å². The van der Waals surface area contributed by atoms with Crippen molar-refractivity contribution in [2.45, 2.75) is 13.5 Å². The summed E-state index contributed by atoms with van der Waals surface area (Å²) in [5.74, 6) is -0.682. The van der Waals surface area contributed by atoms with E-state index in [9.17, 15) is 14.4 Å². The molecule has 7 nitrogen and oxygen atoms in total. The zero-order chi connectivity index (χ0) is 23.2. The number of rotatable bonds is 8. The molecule has 7 heteroatoms. The lowest BCUT2D eigenvalue weighted by Crippen LogP contribution is -2.15. The Morgan fingerprint density at radius 1 is 0.879 bits per heavy atom. The van der Waals surface area contributed by atoms with Gasteiger partial charge in [0.15, 0.2) is 12.4 Å². The molecule has 0 atom stereocenters. The lowest BCUT2D eigenvalue weighted by molar-refractivity contribution is -0.114. The first-order valence-corrected chi connectivity index (χ1v) is 10.3. The van der Waals surface area contributed by atoms with Crippen molar-refractivity contribution in [2.75, 3.05) is 11.9 Å². The maximum Gasteiger partial charge on any atom is 0.375 e. The third kappa shape index (κ3) is 5.27. The van der Waals surface area contributed by atoms with E-state index in [0.29, 0.717) is 28.1 Å². The molecular formula is C26H21NO6. The van der Waals surface area contributed by atoms with Crippen LogP contribution in [0.4, 0.5) is 5.69 Å². The summed E-state index contributed by atoms with van der Waals surface area (Å²) in [7, 11) is 0. The summed E-state index contributed by atoms with van der Waals surface area (Å²) in [6.45, 7) is 1.05. The van der Waals surface area contributed by atoms with Gasteiger partial charge in [-0.25, -0.2) is 4.79 Å². The molecule has 1 amide bonds. The zero-order valence-electron chi connectivity index (χ0n) is 17.9. The fourth-order valence-electron chi connectivity index (χ4n) is 3.30. The Bertz CT molecular complexity index is 1290. The average molecular weight is 443 g/mol. The van der Waals surface area contributed by atoms with E-state index in [1.54, 1.807) is 36.4 Å². The van der Waals surface area contributed by atoms with Gasteiger partial charge in [-0.3, -0.25) is 9.59 Å². The van der Waals surface area contributed by atoms with Crippen LogP contribution in [0.1, 0.15) is 33.4 Å². The highest BCUT2D eigenvalue weighted by molar-refractivity contribution is 6.01. The maximum absolute atomic E-state index is 12.8. The average Bonchev–Trinajstić information content (AvgIpc) is 3.20. The van der Waals surface area contributed by atoms with Gasteiger partial charge >= 0.3 is 5.97 Å². The molecule has 166 valence electrons. The van der Waals surface area contributed by atoms with E-state index < -0.39 is 12.6 Å². The van der Waals surface area contributed by atoms with E-state index in [4.69, 9.17) is 13.9 Å². The quantitative estimate of drug-likeness (QED) is 0.304. The van der Waals surface area contributed by atoms with Crippen molar-refractivity contribution < 1.29 is 28.3 Å². The van der Waals surface area contributed by atoms with E-state index in [2.05, 4.69) is 5.32 Å². The lowest BCUT2D eigenvalue weighted by atomic mass is 10.1. The molecule has 0 saturated heterocycles. The van der Waals surface area contributed by atoms with Gasteiger partial charge < -0.3 is 19.2 Å². The highest BCUT2D eigenvalue weighted by Gasteiger charge is 2.23. The number of para-hydroxylation sites is 2. The molecule has 1 heterocycles. The summed E-state index contributed by atoms with van der Waals surface area (Å²) in [6.07, 6.45) is 0. The van der Waals surface area contributed by atoms with Crippen LogP contribution in [-0.4, -0.2) is 24.3 Å². The monoisotopic (exact) mass is 443 g/mol. The highest BCUT2D eigenvalue weighted by Crippen LogP contribution is 2.28. The number of carbonyl (C=O) groups is 3. The Hall–Kier alpha value is -4.39. The molecule has 4 rings (SSSR count). The molecule has 0 aliphatic rings. The number of ether oxygens (including phenoxy) is 2. The number of anilines is 1. The molecule has 0 unspecified atom stereocenters. The molecule has 0 bridgehead atoms. The van der Waals surface area contributed by atoms with Gasteiger partial charge in [-0.15, -0.1) is 0 Å². The summed E-state index contributed by atoms with van der Waals surface area (Å²) in [6, 6.07) is 22.8. The van der Waals surface area contributed by atoms with Crippen LogP contribution < -0.4 is 10.1 Å². The SMILES string of the molecule is CC(=O)Nc1ccc(C(=O)COC(=O)c2oc3ccccc3c2COc2ccccc2)cc1. The smallest absolute Gasteiger partial charge is 0.375 e. The Morgan fingerprint density at radius 2 is 1.58 bits per heavy atom. The van der Waals surface area contributed by atoms with Crippen LogP contribution in [-0.2, 0) is 16.1 Å². The standard InChI is InChI=1S/C26H21NO6/c1-17(28)27-19-13-11-18(12-14-19)23(29)16-32-26(30)25-22(15-31-20-7-3-2-4-8-20)21-9-5-6-10-24(21)33-25/h2-14H,15-16H2,1H3,(H,27,28). The first-order valence-electron chi connectivity index (χ1n) is 10.3. The van der Waals surface area contributed by atoms with Gasteiger partial charge in [0, 0.05) is 23.6 Å². The molecule has 4 aromatic rings. The number of hydrogen-bond acceptors (Lipinski definition) is 6. The zero-order valence-corrected chi connectivity index (χ0v) is 17.9. The van der Waals surface area contributed by atoms with Crippen LogP contribution >= 0.6 is 0 Å². The Balaban J connectivity index is 1.47. The Morgan fingerprint density at radius 3 is 2.30 bits per heavy atom. The molecular weight excluding hydrogens is 422 g/mol. The van der Waals surface area contributed by atoms with Crippen LogP contribution in [0.25, 0.3) is 11.0 Å². The van der Waals surface area contributed by atoms with Crippen molar-refractivity contribution in [3.8, 4) is 5.75 Å². The van der Waals surface area contributed by atoms with Crippen LogP contribution in [0.15, 0.2) is 83.3 Å². The van der Waals surface area contributed by atoms with Gasteiger partial charge in [-0.05, 0) is 42.5 Å². The normalized spacial score (nSPS) is 10.6. The van der Waals surface area contributed by atoms with Crippen molar-refractivity contribution in [3.05, 3.63) is 95.7 Å². The number of Topliss-reactive ketones (excluding diaryl/α,β-unsaturated/α-hetero) is 1. The molecule has 33 heavy (non-hydrogen) atoms. The molecule has 3 aromatic carbocycles. The van der Waals surface area contributed by atoms with Crippen LogP contribution in [0, 0.1) is 0 Å². The van der Waals surface area contributed by atoms with Crippen molar-refractivity contribution in [1.82, 2.24) is 0 Å². The molecule has 0 aliphatic carbocycles. The predicted octanol–water partition coefficient (Wildman–Crippen LogP) is 5.01. The fourth-order valence-corrected chi connectivity index (χ4v) is 3.30. The number of carbonyl (C=O) groups excluding carboxylic acids is 3. The number of esters is 1. The van der Waals surface area contributed by atoms with Gasteiger partial charge in [-0.2, -0.15) is 0 Å². The number of nitrogens with one attached hydrogen (secondary N) is 1. The second-order valence-electron chi connectivity index (χ2n) is 7.27. The Kier molecular flexibility index (Phi) is 6.50. The van der Waals surface area contributed by atoms with Crippen molar-refractivity contribution >= 4 is 34.3 Å². The summed E-state index contributed by atoms with van der Waals surface area (Å²) in [4.78, 5) is 36.4. The van der Waals surface area contributed by atoms with E-state index in [1.165, 1.54) is 6.92 Å². The van der Waals surface area contributed by atoms with Crippen LogP contribution in [0.2, 0.25) is 0 Å². The molecule has 0 fully saturated rings. The molecule has 1 aromatic heterocycles. The van der Waals surface area contributed by atoms with Crippen molar-refractivity contribution in [3.63, 3.8) is 0 Å². The van der Waals surface area contributed by atoms with Gasteiger partial charge in [0.1, 0.15) is 17.9 Å². The largest absolute Gasteiger partial charge is 0.489 e. The summed E-state index contributed by atoms with van der Waals surface area (Å²) < 4.78 is 16.8. The minimum atomic E-state index is -0.749. The van der Waals surface area contributed by atoms with E-state index in [-0.39, 0.29) is 24.1 Å². The minimum Gasteiger partial charge on any atom is -0.489 e. The van der Waals surface area contributed by atoms with Crippen molar-refractivity contribution in [1.29, 1.82) is 0 Å². The number of fused-ring (bicyclic) bond motifs is 1. The predicted molar refractivity (Wildman–Crippen MR) is 122 cm³/mol. The second kappa shape index (κ2) is 9.82. The van der Waals surface area contributed by atoms with E-state index in [0.717, 1.165) is 5.39 Å². The molecule has 0 spiro atoms. The number of furan rings is 1. The second-order valence-corrected chi connectivity index (χ2v) is 7.27. The number of hydrogen-bond donors (Lipinski definition) is 1. The van der Waals surface area contributed by atoms with E-state index in [1.807, 2.05) is 42.5 Å². The molecule has 0 radical (unpaired) electrons. The topological polar surface area (TPSA) is 94.8 Å². The first-order chi connectivity index (χ1) is 16.0. The molecule has 0 saturated carbocycles. The summed E-state index contributed by atoms with van der Waals surface area (Å²) >= 11 is 0. The highest BCUT2D eigenvalue weighted by atomic mass is 16.5. The van der Waals surface area contributed by atoms with Crippen LogP contribution in [0.5, 0.6) is 5.75 Å². The van der Waals surface area contributed by atoms with Gasteiger partial charge in [0.2, 0.25) is 11.7 Å². The van der Waals surface area contributed by atoms with E-state index >= 15 is 0 Å². The van der Waals surface area contributed by atoms with Gasteiger partial charge in [-0.1, -0.05) is 36.4 Å². The third-order valence-corrected chi connectivity index (χ3v) is 4.87.